The van der Waals surface area contributed by atoms with Gasteiger partial charge < -0.3 is 0 Å². The van der Waals surface area contributed by atoms with Gasteiger partial charge in [-0.3, -0.25) is 0 Å². The first kappa shape index (κ1) is 14.2. The maximum absolute atomic E-state index is 11.7. The average molecular weight is 274 g/mol. The van der Waals surface area contributed by atoms with Crippen LogP contribution in [0.1, 0.15) is 26.3 Å². The van der Waals surface area contributed by atoms with Crippen LogP contribution in [-0.2, 0) is 10.0 Å². The van der Waals surface area contributed by atoms with E-state index in [9.17, 15) is 8.42 Å². The normalized spacial score (nSPS) is 13.2. The molecule has 1 aromatic rings. The molecule has 0 aliphatic rings. The summed E-state index contributed by atoms with van der Waals surface area (Å²) >= 11 is 5.92. The van der Waals surface area contributed by atoms with Crippen LogP contribution in [0.2, 0.25) is 5.02 Å². The van der Waals surface area contributed by atoms with Crippen LogP contribution in [0.5, 0.6) is 0 Å². The van der Waals surface area contributed by atoms with Crippen molar-refractivity contribution in [3.05, 3.63) is 40.3 Å². The topological polar surface area (TPSA) is 46.2 Å². The Balaban J connectivity index is 2.89. The first-order valence-corrected chi connectivity index (χ1v) is 7.09. The number of hydrogen-bond acceptors (Lipinski definition) is 2. The van der Waals surface area contributed by atoms with Crippen molar-refractivity contribution < 1.29 is 8.42 Å². The van der Waals surface area contributed by atoms with Gasteiger partial charge in [0.05, 0.1) is 0 Å². The Bertz CT molecular complexity index is 516. The molecule has 3 nitrogen and oxygen atoms in total. The molecule has 0 saturated carbocycles. The number of hydrogen-bond donors (Lipinski definition) is 1. The fraction of sp³-hybridized carbons (Fsp3) is 0.333. The predicted molar refractivity (Wildman–Crippen MR) is 72.3 cm³/mol. The molecule has 0 saturated heterocycles. The third-order valence-electron chi connectivity index (χ3n) is 1.78. The van der Waals surface area contributed by atoms with Gasteiger partial charge in [0.15, 0.2) is 0 Å². The van der Waals surface area contributed by atoms with Crippen molar-refractivity contribution >= 4 is 27.7 Å². The van der Waals surface area contributed by atoms with Gasteiger partial charge in [-0.1, -0.05) is 29.8 Å². The van der Waals surface area contributed by atoms with Crippen molar-refractivity contribution in [2.24, 2.45) is 0 Å². The van der Waals surface area contributed by atoms with Crippen LogP contribution in [0.4, 0.5) is 0 Å². The highest BCUT2D eigenvalue weighted by Crippen LogP contribution is 2.17. The van der Waals surface area contributed by atoms with Gasteiger partial charge >= 0.3 is 0 Å². The summed E-state index contributed by atoms with van der Waals surface area (Å²) in [6.07, 6.45) is 1.48. The van der Waals surface area contributed by atoms with Crippen molar-refractivity contribution in [2.75, 3.05) is 0 Å². The lowest BCUT2D eigenvalue weighted by Gasteiger charge is -2.18. The number of sulfonamides is 1. The standard InChI is InChI=1S/C12H16ClNO2S/c1-12(2,3)14-17(15,16)9-8-10-6-4-5-7-11(10)13/h4-9,14H,1-3H3/b9-8+. The molecule has 0 amide bonds. The van der Waals surface area contributed by atoms with E-state index in [-0.39, 0.29) is 0 Å². The lowest BCUT2D eigenvalue weighted by atomic mass is 10.1. The van der Waals surface area contributed by atoms with E-state index < -0.39 is 15.6 Å². The SMILES string of the molecule is CC(C)(C)NS(=O)(=O)/C=C/c1ccccc1Cl. The smallest absolute Gasteiger partial charge is 0.208 e. The lowest BCUT2D eigenvalue weighted by Crippen LogP contribution is -2.39. The van der Waals surface area contributed by atoms with Gasteiger partial charge in [-0.05, 0) is 38.5 Å². The largest absolute Gasteiger partial charge is 0.234 e. The molecule has 0 spiro atoms. The summed E-state index contributed by atoms with van der Waals surface area (Å²) < 4.78 is 25.9. The number of halogens is 1. The molecule has 1 aromatic carbocycles. The van der Waals surface area contributed by atoms with Crippen molar-refractivity contribution in [3.63, 3.8) is 0 Å². The first-order chi connectivity index (χ1) is 7.70. The maximum Gasteiger partial charge on any atom is 0.234 e. The van der Waals surface area contributed by atoms with Crippen LogP contribution in [-0.4, -0.2) is 14.0 Å². The van der Waals surface area contributed by atoms with Crippen LogP contribution < -0.4 is 4.72 Å². The van der Waals surface area contributed by atoms with Crippen molar-refractivity contribution in [1.82, 2.24) is 4.72 Å². The van der Waals surface area contributed by atoms with Crippen LogP contribution >= 0.6 is 11.6 Å². The minimum absolute atomic E-state index is 0.496. The molecule has 1 rings (SSSR count). The highest BCUT2D eigenvalue weighted by atomic mass is 35.5. The Kier molecular flexibility index (Phi) is 4.36. The van der Waals surface area contributed by atoms with Crippen LogP contribution in [0, 0.1) is 0 Å². The second-order valence-electron chi connectivity index (χ2n) is 4.72. The van der Waals surface area contributed by atoms with E-state index in [0.717, 1.165) is 5.41 Å². The average Bonchev–Trinajstić information content (AvgIpc) is 2.13. The van der Waals surface area contributed by atoms with Crippen molar-refractivity contribution in [2.45, 2.75) is 26.3 Å². The number of nitrogens with one attached hydrogen (secondary N) is 1. The van der Waals surface area contributed by atoms with E-state index in [2.05, 4.69) is 4.72 Å². The molecule has 0 heterocycles. The lowest BCUT2D eigenvalue weighted by molar-refractivity contribution is 0.497. The zero-order valence-corrected chi connectivity index (χ0v) is 11.6. The first-order valence-electron chi connectivity index (χ1n) is 5.16. The molecule has 0 atom stereocenters. The molecular formula is C12H16ClNO2S. The molecule has 5 heteroatoms. The summed E-state index contributed by atoms with van der Waals surface area (Å²) in [4.78, 5) is 0. The second-order valence-corrected chi connectivity index (χ2v) is 6.69. The molecule has 0 fully saturated rings. The summed E-state index contributed by atoms with van der Waals surface area (Å²) in [5.41, 5.74) is 0.178. The van der Waals surface area contributed by atoms with Gasteiger partial charge in [-0.15, -0.1) is 0 Å². The summed E-state index contributed by atoms with van der Waals surface area (Å²) in [5, 5.41) is 1.65. The molecule has 1 N–H and O–H groups in total. The van der Waals surface area contributed by atoms with Gasteiger partial charge in [0.25, 0.3) is 0 Å². The molecule has 0 bridgehead atoms. The second kappa shape index (κ2) is 5.21. The van der Waals surface area contributed by atoms with Crippen molar-refractivity contribution in [3.8, 4) is 0 Å². The summed E-state index contributed by atoms with van der Waals surface area (Å²) in [6.45, 7) is 5.36. The highest BCUT2D eigenvalue weighted by molar-refractivity contribution is 7.92. The van der Waals surface area contributed by atoms with Gasteiger partial charge in [-0.2, -0.15) is 0 Å². The summed E-state index contributed by atoms with van der Waals surface area (Å²) in [5.74, 6) is 0. The van der Waals surface area contributed by atoms with Crippen LogP contribution in [0.25, 0.3) is 6.08 Å². The highest BCUT2D eigenvalue weighted by Gasteiger charge is 2.17. The van der Waals surface area contributed by atoms with Gasteiger partial charge in [0.1, 0.15) is 0 Å². The Morgan fingerprint density at radius 1 is 1.24 bits per heavy atom. The van der Waals surface area contributed by atoms with E-state index >= 15 is 0 Å². The van der Waals surface area contributed by atoms with Gasteiger partial charge in [-0.25, -0.2) is 13.1 Å². The minimum atomic E-state index is -3.44. The van der Waals surface area contributed by atoms with Gasteiger partial charge in [0.2, 0.25) is 10.0 Å². The molecule has 0 aliphatic carbocycles. The quantitative estimate of drug-likeness (QED) is 0.920. The predicted octanol–water partition coefficient (Wildman–Crippen LogP) is 3.03. The van der Waals surface area contributed by atoms with E-state index in [4.69, 9.17) is 11.6 Å². The summed E-state index contributed by atoms with van der Waals surface area (Å²) in [6, 6.07) is 7.06. The van der Waals surface area contributed by atoms with E-state index in [1.165, 1.54) is 6.08 Å². The molecule has 0 aliphatic heterocycles. The van der Waals surface area contributed by atoms with E-state index in [0.29, 0.717) is 10.6 Å². The fourth-order valence-electron chi connectivity index (χ4n) is 1.23. The molecular weight excluding hydrogens is 258 g/mol. The number of benzene rings is 1. The monoisotopic (exact) mass is 273 g/mol. The third-order valence-corrected chi connectivity index (χ3v) is 3.52. The Hall–Kier alpha value is -0.840. The van der Waals surface area contributed by atoms with E-state index in [1.807, 2.05) is 0 Å². The molecule has 0 aromatic heterocycles. The van der Waals surface area contributed by atoms with Crippen LogP contribution in [0.15, 0.2) is 29.7 Å². The van der Waals surface area contributed by atoms with Gasteiger partial charge in [0, 0.05) is 16.0 Å². The Morgan fingerprint density at radius 2 is 1.82 bits per heavy atom. The Morgan fingerprint density at radius 3 is 2.35 bits per heavy atom. The minimum Gasteiger partial charge on any atom is -0.208 e. The Labute approximate surface area is 108 Å². The third kappa shape index (κ3) is 5.35. The summed E-state index contributed by atoms with van der Waals surface area (Å²) in [7, 11) is -3.44. The zero-order valence-electron chi connectivity index (χ0n) is 10.1. The molecule has 94 valence electrons. The molecule has 0 radical (unpaired) electrons. The molecule has 0 unspecified atom stereocenters. The van der Waals surface area contributed by atoms with Crippen LogP contribution in [0.3, 0.4) is 0 Å². The fourth-order valence-corrected chi connectivity index (χ4v) is 2.68. The maximum atomic E-state index is 11.7. The van der Waals surface area contributed by atoms with E-state index in [1.54, 1.807) is 45.0 Å². The molecule has 17 heavy (non-hydrogen) atoms. The zero-order chi connectivity index (χ0) is 13.1. The number of rotatable bonds is 3. The van der Waals surface area contributed by atoms with Crippen molar-refractivity contribution in [1.29, 1.82) is 0 Å².